The van der Waals surface area contributed by atoms with Gasteiger partial charge in [-0.2, -0.15) is 0 Å². The number of ether oxygens (including phenoxy) is 1. The molecule has 0 saturated carbocycles. The number of aliphatic hydroxyl groups is 1. The van der Waals surface area contributed by atoms with E-state index in [0.717, 1.165) is 0 Å². The molecule has 0 bridgehead atoms. The number of aliphatic hydroxyl groups excluding tert-OH is 1. The molecule has 174 valence electrons. The van der Waals surface area contributed by atoms with Crippen molar-refractivity contribution in [3.63, 3.8) is 0 Å². The van der Waals surface area contributed by atoms with Crippen LogP contribution >= 0.6 is 11.6 Å². The lowest BCUT2D eigenvalue weighted by Crippen LogP contribution is -2.50. The second-order valence-corrected chi connectivity index (χ2v) is 8.65. The van der Waals surface area contributed by atoms with Crippen LogP contribution < -0.4 is 5.32 Å². The Hall–Kier alpha value is -2.38. The molecule has 1 aromatic rings. The molecule has 2 amide bonds. The molecule has 0 aromatic heterocycles. The Bertz CT molecular complexity index is 885. The van der Waals surface area contributed by atoms with Crippen molar-refractivity contribution in [3.8, 4) is 0 Å². The summed E-state index contributed by atoms with van der Waals surface area (Å²) in [5.74, 6) is -3.16. The van der Waals surface area contributed by atoms with Crippen LogP contribution in [0.2, 0.25) is 5.02 Å². The number of allylic oxidation sites excluding steroid dienone is 1. The molecular weight excluding hydrogens is 432 g/mol. The average Bonchev–Trinajstić information content (AvgIpc) is 3.08. The van der Waals surface area contributed by atoms with Crippen LogP contribution in [0.1, 0.15) is 33.6 Å². The number of nitrogens with zero attached hydrogens (tertiary/aromatic N) is 1. The van der Waals surface area contributed by atoms with Crippen LogP contribution in [0.5, 0.6) is 0 Å². The zero-order chi connectivity index (χ0) is 23.4. The fraction of sp³-hybridized carbons (Fsp3) is 0.542. The third kappa shape index (κ3) is 4.41. The van der Waals surface area contributed by atoms with Crippen LogP contribution in [0, 0.1) is 23.7 Å². The van der Waals surface area contributed by atoms with Crippen LogP contribution in [0.3, 0.4) is 0 Å². The Kier molecular flexibility index (Phi) is 7.96. The molecule has 32 heavy (non-hydrogen) atoms. The van der Waals surface area contributed by atoms with E-state index in [4.69, 9.17) is 16.3 Å². The second kappa shape index (κ2) is 10.5. The smallest absolute Gasteiger partial charge is 0.310 e. The molecule has 1 fully saturated rings. The maximum atomic E-state index is 13.7. The summed E-state index contributed by atoms with van der Waals surface area (Å²) in [6.45, 7) is 5.49. The van der Waals surface area contributed by atoms with Gasteiger partial charge in [-0.1, -0.05) is 49.7 Å². The van der Waals surface area contributed by atoms with Crippen LogP contribution in [0.15, 0.2) is 36.4 Å². The van der Waals surface area contributed by atoms with E-state index >= 15 is 0 Å². The van der Waals surface area contributed by atoms with Crippen molar-refractivity contribution in [1.29, 1.82) is 0 Å². The van der Waals surface area contributed by atoms with Crippen molar-refractivity contribution in [1.82, 2.24) is 4.90 Å². The van der Waals surface area contributed by atoms with Gasteiger partial charge in [-0.25, -0.2) is 0 Å². The number of amides is 2. The van der Waals surface area contributed by atoms with Crippen LogP contribution in [0.4, 0.5) is 5.69 Å². The maximum Gasteiger partial charge on any atom is 0.310 e. The van der Waals surface area contributed by atoms with Crippen LogP contribution in [-0.2, 0) is 19.1 Å². The summed E-state index contributed by atoms with van der Waals surface area (Å²) in [4.78, 5) is 41.5. The van der Waals surface area contributed by atoms with Crippen molar-refractivity contribution in [2.75, 3.05) is 18.5 Å². The van der Waals surface area contributed by atoms with Crippen LogP contribution in [-0.4, -0.2) is 53.1 Å². The lowest BCUT2D eigenvalue weighted by atomic mass is 9.69. The first-order valence-corrected chi connectivity index (χ1v) is 11.6. The van der Waals surface area contributed by atoms with E-state index in [1.165, 1.54) is 4.90 Å². The number of anilines is 1. The summed E-state index contributed by atoms with van der Waals surface area (Å²) >= 11 is 6.22. The molecular formula is C24H31ClN2O5. The van der Waals surface area contributed by atoms with Crippen LogP contribution in [0.25, 0.3) is 0 Å². The number of fused-ring (bicyclic) bond motifs is 1. The average molecular weight is 463 g/mol. The lowest BCUT2D eigenvalue weighted by Gasteiger charge is -2.33. The summed E-state index contributed by atoms with van der Waals surface area (Å²) in [5.41, 5.74) is 0.445. The third-order valence-electron chi connectivity index (χ3n) is 6.55. The Morgan fingerprint density at radius 2 is 1.94 bits per heavy atom. The molecule has 7 nitrogen and oxygen atoms in total. The van der Waals surface area contributed by atoms with E-state index in [-0.39, 0.29) is 25.0 Å². The summed E-state index contributed by atoms with van der Waals surface area (Å²) in [7, 11) is 0. The van der Waals surface area contributed by atoms with Gasteiger partial charge in [0.1, 0.15) is 6.04 Å². The molecule has 0 spiro atoms. The van der Waals surface area contributed by atoms with E-state index in [2.05, 4.69) is 5.32 Å². The van der Waals surface area contributed by atoms with Gasteiger partial charge in [0.15, 0.2) is 0 Å². The minimum absolute atomic E-state index is 0.152. The summed E-state index contributed by atoms with van der Waals surface area (Å²) in [5, 5.41) is 13.2. The standard InChI is InChI=1S/C24H31ClN2O5/c1-4-14-11-12-16-20(19(14)24(31)32-6-3)23(30)27(15(5-2)13-28)21(16)22(29)26-18-10-8-7-9-17(18)25/h7-12,14-16,19-21,28H,4-6,13H2,1-3H3,(H,26,29)/t14-,15+,16+,19-,20-,21+/m1/s1. The zero-order valence-corrected chi connectivity index (χ0v) is 19.4. The molecule has 0 radical (unpaired) electrons. The molecule has 1 heterocycles. The Balaban J connectivity index is 2.03. The quantitative estimate of drug-likeness (QED) is 0.456. The molecule has 2 aliphatic rings. The SMILES string of the molecule is CCOC(=O)[C@H]1[C@@H]2C(=O)N([C@@H](CC)CO)[C@H](C(=O)Nc3ccccc3Cl)[C@H]2C=C[C@H]1CC. The molecule has 1 aliphatic carbocycles. The minimum Gasteiger partial charge on any atom is -0.466 e. The summed E-state index contributed by atoms with van der Waals surface area (Å²) in [6.07, 6.45) is 4.95. The van der Waals surface area contributed by atoms with Crippen molar-refractivity contribution in [3.05, 3.63) is 41.4 Å². The third-order valence-corrected chi connectivity index (χ3v) is 6.88. The van der Waals surface area contributed by atoms with E-state index in [1.807, 2.05) is 26.0 Å². The molecule has 8 heteroatoms. The van der Waals surface area contributed by atoms with Crippen molar-refractivity contribution in [2.45, 2.75) is 45.7 Å². The van der Waals surface area contributed by atoms with E-state index in [1.54, 1.807) is 31.2 Å². The Morgan fingerprint density at radius 1 is 1.22 bits per heavy atom. The van der Waals surface area contributed by atoms with Gasteiger partial charge in [0.2, 0.25) is 11.8 Å². The number of carbonyl (C=O) groups is 3. The first-order valence-electron chi connectivity index (χ1n) is 11.2. The maximum absolute atomic E-state index is 13.7. The molecule has 3 rings (SSSR count). The number of hydrogen-bond acceptors (Lipinski definition) is 5. The number of hydrogen-bond donors (Lipinski definition) is 2. The fourth-order valence-electron chi connectivity index (χ4n) is 4.97. The fourth-order valence-corrected chi connectivity index (χ4v) is 5.15. The highest BCUT2D eigenvalue weighted by Crippen LogP contribution is 2.46. The number of halogens is 1. The Morgan fingerprint density at radius 3 is 2.53 bits per heavy atom. The summed E-state index contributed by atoms with van der Waals surface area (Å²) in [6, 6.07) is 5.47. The predicted molar refractivity (Wildman–Crippen MR) is 122 cm³/mol. The lowest BCUT2D eigenvalue weighted by molar-refractivity contribution is -0.156. The predicted octanol–water partition coefficient (Wildman–Crippen LogP) is 3.27. The number of esters is 1. The zero-order valence-electron chi connectivity index (χ0n) is 18.7. The van der Waals surface area contributed by atoms with Gasteiger partial charge in [0.05, 0.1) is 41.8 Å². The molecule has 1 aliphatic heterocycles. The molecule has 0 unspecified atom stereocenters. The van der Waals surface area contributed by atoms with Gasteiger partial charge in [-0.15, -0.1) is 0 Å². The van der Waals surface area contributed by atoms with E-state index in [0.29, 0.717) is 23.6 Å². The van der Waals surface area contributed by atoms with Gasteiger partial charge < -0.3 is 20.1 Å². The normalized spacial score (nSPS) is 27.7. The molecule has 6 atom stereocenters. The highest BCUT2D eigenvalue weighted by atomic mass is 35.5. The van der Waals surface area contributed by atoms with E-state index in [9.17, 15) is 19.5 Å². The second-order valence-electron chi connectivity index (χ2n) is 8.24. The minimum atomic E-state index is -0.869. The number of rotatable bonds is 8. The number of nitrogens with one attached hydrogen (secondary N) is 1. The van der Waals surface area contributed by atoms with E-state index < -0.39 is 41.7 Å². The van der Waals surface area contributed by atoms with Gasteiger partial charge in [-0.05, 0) is 37.8 Å². The first kappa shape index (κ1) is 24.3. The largest absolute Gasteiger partial charge is 0.466 e. The molecule has 1 saturated heterocycles. The highest BCUT2D eigenvalue weighted by molar-refractivity contribution is 6.33. The highest BCUT2D eigenvalue weighted by Gasteiger charge is 2.58. The van der Waals surface area contributed by atoms with Gasteiger partial charge >= 0.3 is 5.97 Å². The number of carbonyl (C=O) groups excluding carboxylic acids is 3. The van der Waals surface area contributed by atoms with Crippen molar-refractivity contribution in [2.24, 2.45) is 23.7 Å². The number of para-hydroxylation sites is 1. The Labute approximate surface area is 193 Å². The monoisotopic (exact) mass is 462 g/mol. The van der Waals surface area contributed by atoms with Gasteiger partial charge in [-0.3, -0.25) is 14.4 Å². The van der Waals surface area contributed by atoms with Gasteiger partial charge in [0, 0.05) is 5.92 Å². The topological polar surface area (TPSA) is 95.9 Å². The van der Waals surface area contributed by atoms with Crippen molar-refractivity contribution < 1.29 is 24.2 Å². The molecule has 1 aromatic carbocycles. The summed E-state index contributed by atoms with van der Waals surface area (Å²) < 4.78 is 5.31. The van der Waals surface area contributed by atoms with Crippen molar-refractivity contribution >= 4 is 35.1 Å². The van der Waals surface area contributed by atoms with Gasteiger partial charge in [0.25, 0.3) is 0 Å². The first-order chi connectivity index (χ1) is 15.4. The number of benzene rings is 1. The molecule has 2 N–H and O–H groups in total. The number of likely N-dealkylation sites (tertiary alicyclic amines) is 1.